The summed E-state index contributed by atoms with van der Waals surface area (Å²) >= 11 is 0. The average molecular weight is 270 g/mol. The molecule has 2 aromatic carbocycles. The van der Waals surface area contributed by atoms with Crippen molar-refractivity contribution in [3.63, 3.8) is 0 Å². The van der Waals surface area contributed by atoms with Gasteiger partial charge >= 0.3 is 0 Å². The fourth-order valence-electron chi connectivity index (χ4n) is 2.65. The van der Waals surface area contributed by atoms with Crippen LogP contribution in [0.1, 0.15) is 30.1 Å². The minimum absolute atomic E-state index is 0.0199. The molecule has 0 aliphatic rings. The number of hydrogen-bond donors (Lipinski definition) is 0. The van der Waals surface area contributed by atoms with Gasteiger partial charge in [0.2, 0.25) is 0 Å². The maximum absolute atomic E-state index is 5.80. The summed E-state index contributed by atoms with van der Waals surface area (Å²) < 4.78 is 11.4. The SMILES string of the molecule is COC(C)C(c1ccccc1)C(OC)c1ccccc1. The van der Waals surface area contributed by atoms with Crippen molar-refractivity contribution < 1.29 is 9.47 Å². The number of ether oxygens (including phenoxy) is 2. The van der Waals surface area contributed by atoms with Gasteiger partial charge in [-0.05, 0) is 18.1 Å². The molecule has 2 aromatic rings. The van der Waals surface area contributed by atoms with Gasteiger partial charge in [0.25, 0.3) is 0 Å². The van der Waals surface area contributed by atoms with Gasteiger partial charge < -0.3 is 9.47 Å². The largest absolute Gasteiger partial charge is 0.381 e. The van der Waals surface area contributed by atoms with E-state index in [9.17, 15) is 0 Å². The maximum atomic E-state index is 5.80. The number of hydrogen-bond acceptors (Lipinski definition) is 2. The van der Waals surface area contributed by atoms with E-state index in [2.05, 4.69) is 43.3 Å². The third kappa shape index (κ3) is 3.27. The van der Waals surface area contributed by atoms with Crippen LogP contribution in [0.4, 0.5) is 0 Å². The normalized spacial score (nSPS) is 15.6. The monoisotopic (exact) mass is 270 g/mol. The predicted octanol–water partition coefficient (Wildman–Crippen LogP) is 4.19. The molecule has 0 spiro atoms. The zero-order valence-electron chi connectivity index (χ0n) is 12.3. The number of methoxy groups -OCH3 is 2. The lowest BCUT2D eigenvalue weighted by Gasteiger charge is -2.31. The van der Waals surface area contributed by atoms with Crippen LogP contribution in [0.15, 0.2) is 60.7 Å². The first-order valence-electron chi connectivity index (χ1n) is 6.93. The van der Waals surface area contributed by atoms with Crippen LogP contribution in [0, 0.1) is 0 Å². The summed E-state index contributed by atoms with van der Waals surface area (Å²) in [5, 5.41) is 0. The Bertz CT molecular complexity index is 495. The first-order chi connectivity index (χ1) is 9.77. The van der Waals surface area contributed by atoms with Gasteiger partial charge in [0.15, 0.2) is 0 Å². The fourth-order valence-corrected chi connectivity index (χ4v) is 2.65. The molecular weight excluding hydrogens is 248 g/mol. The molecular formula is C18H22O2. The van der Waals surface area contributed by atoms with E-state index in [0.717, 1.165) is 0 Å². The summed E-state index contributed by atoms with van der Waals surface area (Å²) in [6.07, 6.45) is 0.0520. The van der Waals surface area contributed by atoms with Crippen LogP contribution in [-0.2, 0) is 9.47 Å². The van der Waals surface area contributed by atoms with E-state index in [4.69, 9.17) is 9.47 Å². The molecule has 3 unspecified atom stereocenters. The first-order valence-corrected chi connectivity index (χ1v) is 6.93. The molecule has 0 radical (unpaired) electrons. The molecule has 0 saturated heterocycles. The average Bonchev–Trinajstić information content (AvgIpc) is 2.53. The lowest BCUT2D eigenvalue weighted by atomic mass is 9.85. The zero-order valence-corrected chi connectivity index (χ0v) is 12.3. The van der Waals surface area contributed by atoms with E-state index >= 15 is 0 Å². The highest BCUT2D eigenvalue weighted by Gasteiger charge is 2.29. The van der Waals surface area contributed by atoms with Gasteiger partial charge in [-0.1, -0.05) is 60.7 Å². The van der Waals surface area contributed by atoms with Crippen LogP contribution < -0.4 is 0 Å². The Morgan fingerprint density at radius 2 is 1.20 bits per heavy atom. The van der Waals surface area contributed by atoms with Crippen LogP contribution in [0.5, 0.6) is 0 Å². The summed E-state index contributed by atoms with van der Waals surface area (Å²) in [5.74, 6) is 0.161. The highest BCUT2D eigenvalue weighted by Crippen LogP contribution is 2.37. The molecule has 3 atom stereocenters. The van der Waals surface area contributed by atoms with E-state index in [1.165, 1.54) is 11.1 Å². The predicted molar refractivity (Wildman–Crippen MR) is 81.8 cm³/mol. The molecule has 2 rings (SSSR count). The molecule has 0 aromatic heterocycles. The van der Waals surface area contributed by atoms with Crippen molar-refractivity contribution in [2.24, 2.45) is 0 Å². The molecule has 0 heterocycles. The van der Waals surface area contributed by atoms with E-state index in [1.807, 2.05) is 24.3 Å². The lowest BCUT2D eigenvalue weighted by Crippen LogP contribution is -2.25. The van der Waals surface area contributed by atoms with E-state index in [0.29, 0.717) is 0 Å². The van der Waals surface area contributed by atoms with Crippen molar-refractivity contribution in [3.05, 3.63) is 71.8 Å². The Labute approximate surface area is 121 Å². The highest BCUT2D eigenvalue weighted by molar-refractivity contribution is 5.28. The minimum Gasteiger partial charge on any atom is -0.381 e. The molecule has 2 heteroatoms. The third-order valence-corrected chi connectivity index (χ3v) is 3.77. The smallest absolute Gasteiger partial charge is 0.0914 e. The zero-order chi connectivity index (χ0) is 14.4. The fraction of sp³-hybridized carbons (Fsp3) is 0.333. The Balaban J connectivity index is 2.39. The summed E-state index contributed by atoms with van der Waals surface area (Å²) in [7, 11) is 3.51. The van der Waals surface area contributed by atoms with Gasteiger partial charge in [0, 0.05) is 20.1 Å². The highest BCUT2D eigenvalue weighted by atomic mass is 16.5. The van der Waals surface area contributed by atoms with Gasteiger partial charge in [-0.3, -0.25) is 0 Å². The van der Waals surface area contributed by atoms with Gasteiger partial charge in [0.1, 0.15) is 0 Å². The van der Waals surface area contributed by atoms with E-state index in [-0.39, 0.29) is 18.1 Å². The van der Waals surface area contributed by atoms with Crippen molar-refractivity contribution in [1.82, 2.24) is 0 Å². The molecule has 0 bridgehead atoms. The molecule has 0 N–H and O–H groups in total. The molecule has 0 aliphatic heterocycles. The van der Waals surface area contributed by atoms with Gasteiger partial charge in [-0.25, -0.2) is 0 Å². The van der Waals surface area contributed by atoms with E-state index in [1.54, 1.807) is 14.2 Å². The minimum atomic E-state index is -0.0199. The molecule has 0 aliphatic carbocycles. The van der Waals surface area contributed by atoms with Gasteiger partial charge in [-0.15, -0.1) is 0 Å². The molecule has 0 saturated carbocycles. The summed E-state index contributed by atoms with van der Waals surface area (Å²) in [6.45, 7) is 2.09. The number of benzene rings is 2. The lowest BCUT2D eigenvalue weighted by molar-refractivity contribution is 0.00673. The standard InChI is InChI=1S/C18H22O2/c1-14(19-2)17(15-10-6-4-7-11-15)18(20-3)16-12-8-5-9-13-16/h4-14,17-18H,1-3H3. The summed E-state index contributed by atoms with van der Waals surface area (Å²) in [5.41, 5.74) is 2.41. The second-order valence-electron chi connectivity index (χ2n) is 4.94. The second-order valence-corrected chi connectivity index (χ2v) is 4.94. The Morgan fingerprint density at radius 3 is 1.65 bits per heavy atom. The van der Waals surface area contributed by atoms with Crippen LogP contribution in [0.2, 0.25) is 0 Å². The summed E-state index contributed by atoms with van der Waals surface area (Å²) in [6, 6.07) is 20.7. The molecule has 2 nitrogen and oxygen atoms in total. The molecule has 106 valence electrons. The van der Waals surface area contributed by atoms with Crippen molar-refractivity contribution in [1.29, 1.82) is 0 Å². The maximum Gasteiger partial charge on any atom is 0.0914 e. The van der Waals surface area contributed by atoms with Crippen molar-refractivity contribution in [3.8, 4) is 0 Å². The van der Waals surface area contributed by atoms with Crippen LogP contribution in [0.25, 0.3) is 0 Å². The van der Waals surface area contributed by atoms with Gasteiger partial charge in [-0.2, -0.15) is 0 Å². The van der Waals surface area contributed by atoms with Crippen molar-refractivity contribution >= 4 is 0 Å². The molecule has 0 amide bonds. The quantitative estimate of drug-likeness (QED) is 0.783. The van der Waals surface area contributed by atoms with E-state index < -0.39 is 0 Å². The second kappa shape index (κ2) is 7.22. The summed E-state index contributed by atoms with van der Waals surface area (Å²) in [4.78, 5) is 0. The Kier molecular flexibility index (Phi) is 5.33. The number of rotatable bonds is 6. The van der Waals surface area contributed by atoms with Crippen molar-refractivity contribution in [2.45, 2.75) is 25.0 Å². The van der Waals surface area contributed by atoms with Crippen LogP contribution in [-0.4, -0.2) is 20.3 Å². The van der Waals surface area contributed by atoms with Crippen LogP contribution in [0.3, 0.4) is 0 Å². The first kappa shape index (κ1) is 14.8. The molecule has 0 fully saturated rings. The van der Waals surface area contributed by atoms with Gasteiger partial charge in [0.05, 0.1) is 12.2 Å². The van der Waals surface area contributed by atoms with Crippen molar-refractivity contribution in [2.75, 3.05) is 14.2 Å². The topological polar surface area (TPSA) is 18.5 Å². The third-order valence-electron chi connectivity index (χ3n) is 3.77. The Hall–Kier alpha value is -1.64. The molecule has 20 heavy (non-hydrogen) atoms. The Morgan fingerprint density at radius 1 is 0.700 bits per heavy atom. The van der Waals surface area contributed by atoms with Crippen LogP contribution >= 0.6 is 0 Å².